The van der Waals surface area contributed by atoms with Crippen LogP contribution in [0.2, 0.25) is 0 Å². The van der Waals surface area contributed by atoms with Crippen LogP contribution >= 0.6 is 0 Å². The van der Waals surface area contributed by atoms with Crippen LogP contribution in [-0.2, 0) is 9.53 Å². The molecule has 0 heterocycles. The number of esters is 1. The lowest BCUT2D eigenvalue weighted by Crippen LogP contribution is -2.03. The molecule has 0 fully saturated rings. The van der Waals surface area contributed by atoms with Crippen LogP contribution in [0.15, 0.2) is 30.9 Å². The Morgan fingerprint density at radius 3 is 2.45 bits per heavy atom. The first-order chi connectivity index (χ1) is 10.5. The van der Waals surface area contributed by atoms with Gasteiger partial charge < -0.3 is 14.6 Å². The molecule has 120 valence electrons. The Bertz CT molecular complexity index is 522. The minimum atomic E-state index is -0.929. The molecule has 0 aliphatic rings. The van der Waals surface area contributed by atoms with Crippen molar-refractivity contribution in [1.82, 2.24) is 0 Å². The monoisotopic (exact) mass is 306 g/mol. The quantitative estimate of drug-likeness (QED) is 0.407. The number of hydrogen-bond acceptors (Lipinski definition) is 4. The van der Waals surface area contributed by atoms with Crippen molar-refractivity contribution in [3.05, 3.63) is 42.0 Å². The Hall–Kier alpha value is -2.30. The third kappa shape index (κ3) is 6.43. The van der Waals surface area contributed by atoms with E-state index in [9.17, 15) is 9.59 Å². The largest absolute Gasteiger partial charge is 0.494 e. The van der Waals surface area contributed by atoms with Gasteiger partial charge in [0.25, 0.3) is 0 Å². The zero-order valence-corrected chi connectivity index (χ0v) is 12.8. The molecule has 0 bridgehead atoms. The van der Waals surface area contributed by atoms with Crippen LogP contribution in [0.5, 0.6) is 5.75 Å². The van der Waals surface area contributed by atoms with Gasteiger partial charge in [0, 0.05) is 6.08 Å². The number of carboxylic acids is 1. The summed E-state index contributed by atoms with van der Waals surface area (Å²) >= 11 is 0. The predicted molar refractivity (Wildman–Crippen MR) is 83.3 cm³/mol. The van der Waals surface area contributed by atoms with Crippen LogP contribution in [0.3, 0.4) is 0 Å². The number of carboxylic acid groups (broad SMARTS) is 1. The minimum absolute atomic E-state index is 0.293. The van der Waals surface area contributed by atoms with Gasteiger partial charge in [-0.15, -0.1) is 0 Å². The Balaban J connectivity index is 2.15. The lowest BCUT2D eigenvalue weighted by Gasteiger charge is -2.08. The van der Waals surface area contributed by atoms with E-state index in [1.165, 1.54) is 0 Å². The van der Waals surface area contributed by atoms with E-state index >= 15 is 0 Å². The number of aromatic carboxylic acids is 1. The van der Waals surface area contributed by atoms with Crippen LogP contribution in [0, 0.1) is 6.92 Å². The first-order valence-electron chi connectivity index (χ1n) is 7.30. The summed E-state index contributed by atoms with van der Waals surface area (Å²) in [5.41, 5.74) is 0.982. The van der Waals surface area contributed by atoms with Gasteiger partial charge in [0.1, 0.15) is 5.75 Å². The molecule has 0 amide bonds. The Kier molecular flexibility index (Phi) is 7.75. The summed E-state index contributed by atoms with van der Waals surface area (Å²) in [4.78, 5) is 21.7. The molecule has 1 N–H and O–H groups in total. The summed E-state index contributed by atoms with van der Waals surface area (Å²) in [5.74, 6) is -0.632. The summed E-state index contributed by atoms with van der Waals surface area (Å²) in [6.45, 7) is 6.08. The fourth-order valence-electron chi connectivity index (χ4n) is 1.95. The molecule has 1 aromatic carbocycles. The predicted octanol–water partition coefficient (Wildman–Crippen LogP) is 3.36. The molecule has 0 aromatic heterocycles. The number of benzene rings is 1. The highest BCUT2D eigenvalue weighted by Gasteiger charge is 2.07. The van der Waals surface area contributed by atoms with Crippen LogP contribution in [0.25, 0.3) is 0 Å². The number of carbonyl (C=O) groups is 2. The molecule has 0 atom stereocenters. The molecule has 0 radical (unpaired) electrons. The molecule has 0 saturated carbocycles. The first-order valence-corrected chi connectivity index (χ1v) is 7.30. The SMILES string of the molecule is C=CC(=O)OCCCCCCOc1ccc(C(=O)O)c(C)c1. The number of hydrogen-bond donors (Lipinski definition) is 1. The van der Waals surface area contributed by atoms with Gasteiger partial charge in [-0.3, -0.25) is 0 Å². The van der Waals surface area contributed by atoms with E-state index < -0.39 is 5.97 Å². The summed E-state index contributed by atoms with van der Waals surface area (Å²) in [5, 5.41) is 8.95. The molecule has 0 aliphatic heterocycles. The van der Waals surface area contributed by atoms with Crippen molar-refractivity contribution in [3.8, 4) is 5.75 Å². The lowest BCUT2D eigenvalue weighted by atomic mass is 10.1. The van der Waals surface area contributed by atoms with Crippen molar-refractivity contribution in [3.63, 3.8) is 0 Å². The minimum Gasteiger partial charge on any atom is -0.494 e. The van der Waals surface area contributed by atoms with E-state index in [0.29, 0.717) is 30.1 Å². The second-order valence-electron chi connectivity index (χ2n) is 4.92. The summed E-state index contributed by atoms with van der Waals surface area (Å²) in [7, 11) is 0. The van der Waals surface area contributed by atoms with Crippen molar-refractivity contribution in [2.24, 2.45) is 0 Å². The zero-order valence-electron chi connectivity index (χ0n) is 12.8. The normalized spacial score (nSPS) is 10.0. The van der Waals surface area contributed by atoms with E-state index in [1.807, 2.05) is 0 Å². The third-order valence-corrected chi connectivity index (χ3v) is 3.15. The summed E-state index contributed by atoms with van der Waals surface area (Å²) < 4.78 is 10.5. The van der Waals surface area contributed by atoms with Gasteiger partial charge >= 0.3 is 11.9 Å². The first kappa shape index (κ1) is 17.8. The van der Waals surface area contributed by atoms with Crippen molar-refractivity contribution < 1.29 is 24.2 Å². The third-order valence-electron chi connectivity index (χ3n) is 3.15. The molecular weight excluding hydrogens is 284 g/mol. The van der Waals surface area contributed by atoms with Gasteiger partial charge in [0.05, 0.1) is 18.8 Å². The van der Waals surface area contributed by atoms with Crippen LogP contribution < -0.4 is 4.74 Å². The van der Waals surface area contributed by atoms with E-state index in [2.05, 4.69) is 6.58 Å². The average Bonchev–Trinajstić information content (AvgIpc) is 2.49. The number of unbranched alkanes of at least 4 members (excludes halogenated alkanes) is 3. The van der Waals surface area contributed by atoms with Gasteiger partial charge in [-0.25, -0.2) is 9.59 Å². The maximum atomic E-state index is 10.9. The molecule has 0 saturated heterocycles. The topological polar surface area (TPSA) is 72.8 Å². The Morgan fingerprint density at radius 1 is 1.18 bits per heavy atom. The molecule has 1 rings (SSSR count). The second kappa shape index (κ2) is 9.60. The molecule has 0 spiro atoms. The molecule has 1 aromatic rings. The number of aryl methyl sites for hydroxylation is 1. The Labute approximate surface area is 130 Å². The van der Waals surface area contributed by atoms with E-state index in [4.69, 9.17) is 14.6 Å². The maximum Gasteiger partial charge on any atom is 0.335 e. The fraction of sp³-hybridized carbons (Fsp3) is 0.412. The number of ether oxygens (including phenoxy) is 2. The van der Waals surface area contributed by atoms with Crippen LogP contribution in [0.4, 0.5) is 0 Å². The average molecular weight is 306 g/mol. The van der Waals surface area contributed by atoms with Gasteiger partial charge in [-0.1, -0.05) is 6.58 Å². The summed E-state index contributed by atoms with van der Waals surface area (Å²) in [6.07, 6.45) is 4.83. The molecule has 22 heavy (non-hydrogen) atoms. The van der Waals surface area contributed by atoms with Crippen molar-refractivity contribution in [2.45, 2.75) is 32.6 Å². The van der Waals surface area contributed by atoms with Crippen LogP contribution in [0.1, 0.15) is 41.6 Å². The van der Waals surface area contributed by atoms with Gasteiger partial charge in [0.15, 0.2) is 0 Å². The van der Waals surface area contributed by atoms with E-state index in [-0.39, 0.29) is 5.97 Å². The van der Waals surface area contributed by atoms with Gasteiger partial charge in [-0.2, -0.15) is 0 Å². The molecule has 5 nitrogen and oxygen atoms in total. The van der Waals surface area contributed by atoms with E-state index in [1.54, 1.807) is 25.1 Å². The van der Waals surface area contributed by atoms with Crippen molar-refractivity contribution in [2.75, 3.05) is 13.2 Å². The Morgan fingerprint density at radius 2 is 1.86 bits per heavy atom. The highest BCUT2D eigenvalue weighted by molar-refractivity contribution is 5.89. The molecule has 5 heteroatoms. The standard InChI is InChI=1S/C17H22O5/c1-3-16(18)22-11-7-5-4-6-10-21-14-8-9-15(17(19)20)13(2)12-14/h3,8-9,12H,1,4-7,10-11H2,2H3,(H,19,20). The lowest BCUT2D eigenvalue weighted by molar-refractivity contribution is -0.137. The maximum absolute atomic E-state index is 10.9. The zero-order chi connectivity index (χ0) is 16.4. The number of carbonyl (C=O) groups excluding carboxylic acids is 1. The second-order valence-corrected chi connectivity index (χ2v) is 4.92. The van der Waals surface area contributed by atoms with Crippen LogP contribution in [-0.4, -0.2) is 30.3 Å². The van der Waals surface area contributed by atoms with E-state index in [0.717, 1.165) is 31.8 Å². The van der Waals surface area contributed by atoms with Crippen molar-refractivity contribution >= 4 is 11.9 Å². The highest BCUT2D eigenvalue weighted by Crippen LogP contribution is 2.17. The molecule has 0 aliphatic carbocycles. The molecule has 0 unspecified atom stereocenters. The fourth-order valence-corrected chi connectivity index (χ4v) is 1.95. The smallest absolute Gasteiger partial charge is 0.335 e. The molecular formula is C17H22O5. The highest BCUT2D eigenvalue weighted by atomic mass is 16.5. The summed E-state index contributed by atoms with van der Waals surface area (Å²) in [6, 6.07) is 4.96. The van der Waals surface area contributed by atoms with Crippen molar-refractivity contribution in [1.29, 1.82) is 0 Å². The number of rotatable bonds is 10. The van der Waals surface area contributed by atoms with Gasteiger partial charge in [-0.05, 0) is 56.4 Å². The van der Waals surface area contributed by atoms with Gasteiger partial charge in [0.2, 0.25) is 0 Å².